The summed E-state index contributed by atoms with van der Waals surface area (Å²) in [7, 11) is 0. The molecule has 0 bridgehead atoms. The van der Waals surface area contributed by atoms with E-state index in [-0.39, 0.29) is 0 Å². The summed E-state index contributed by atoms with van der Waals surface area (Å²) in [5.41, 5.74) is 0.561. The maximum atomic E-state index is 3.96. The first kappa shape index (κ1) is 14.4. The lowest BCUT2D eigenvalue weighted by atomic mass is 9.69. The first-order valence-electron chi connectivity index (χ1n) is 8.32. The molecule has 106 valence electrons. The molecule has 0 radical (unpaired) electrons. The fraction of sp³-hybridized carbons (Fsp3) is 1.00. The van der Waals surface area contributed by atoms with Gasteiger partial charge in [-0.25, -0.2) is 0 Å². The molecule has 0 aromatic carbocycles. The molecule has 2 aliphatic carbocycles. The van der Waals surface area contributed by atoms with Gasteiger partial charge in [-0.15, -0.1) is 0 Å². The second kappa shape index (κ2) is 5.94. The predicted octanol–water partition coefficient (Wildman–Crippen LogP) is 4.76. The van der Waals surface area contributed by atoms with Gasteiger partial charge in [0.1, 0.15) is 0 Å². The molecule has 0 aliphatic heterocycles. The minimum absolute atomic E-state index is 0.561. The van der Waals surface area contributed by atoms with E-state index >= 15 is 0 Å². The molecule has 1 N–H and O–H groups in total. The molecule has 0 spiro atoms. The van der Waals surface area contributed by atoms with Gasteiger partial charge in [0, 0.05) is 12.1 Å². The van der Waals surface area contributed by atoms with Crippen LogP contribution in [0.15, 0.2) is 0 Å². The highest BCUT2D eigenvalue weighted by molar-refractivity contribution is 4.90. The van der Waals surface area contributed by atoms with Crippen LogP contribution in [-0.2, 0) is 0 Å². The van der Waals surface area contributed by atoms with Crippen molar-refractivity contribution in [2.75, 3.05) is 0 Å². The van der Waals surface area contributed by atoms with Crippen LogP contribution in [0.5, 0.6) is 0 Å². The Morgan fingerprint density at radius 2 is 1.61 bits per heavy atom. The van der Waals surface area contributed by atoms with Crippen LogP contribution < -0.4 is 5.32 Å². The number of nitrogens with one attached hydrogen (secondary N) is 1. The fourth-order valence-electron chi connectivity index (χ4n) is 3.72. The highest BCUT2D eigenvalue weighted by Gasteiger charge is 2.35. The Balaban J connectivity index is 1.76. The summed E-state index contributed by atoms with van der Waals surface area (Å²) in [6.07, 6.45) is 11.3. The minimum Gasteiger partial charge on any atom is -0.311 e. The van der Waals surface area contributed by atoms with Gasteiger partial charge < -0.3 is 5.32 Å². The maximum Gasteiger partial charge on any atom is 0.00952 e. The highest BCUT2D eigenvalue weighted by Crippen LogP contribution is 2.41. The van der Waals surface area contributed by atoms with Crippen molar-refractivity contribution in [3.8, 4) is 0 Å². The van der Waals surface area contributed by atoms with Crippen molar-refractivity contribution in [3.05, 3.63) is 0 Å². The molecule has 0 aromatic heterocycles. The van der Waals surface area contributed by atoms with Crippen LogP contribution >= 0.6 is 0 Å². The van der Waals surface area contributed by atoms with Crippen LogP contribution in [-0.4, -0.2) is 12.1 Å². The van der Waals surface area contributed by atoms with Crippen molar-refractivity contribution in [1.29, 1.82) is 0 Å². The zero-order chi connectivity index (χ0) is 13.2. The molecule has 0 aromatic rings. The van der Waals surface area contributed by atoms with Crippen LogP contribution in [0.1, 0.15) is 79.1 Å². The fourth-order valence-corrected chi connectivity index (χ4v) is 3.72. The van der Waals surface area contributed by atoms with Gasteiger partial charge in [-0.2, -0.15) is 0 Å². The quantitative estimate of drug-likeness (QED) is 0.717. The van der Waals surface area contributed by atoms with Crippen LogP contribution in [0, 0.1) is 17.3 Å². The van der Waals surface area contributed by atoms with Gasteiger partial charge in [0.2, 0.25) is 0 Å². The lowest BCUT2D eigenvalue weighted by Gasteiger charge is -2.40. The van der Waals surface area contributed by atoms with Gasteiger partial charge in [-0.3, -0.25) is 0 Å². The van der Waals surface area contributed by atoms with Crippen LogP contribution in [0.2, 0.25) is 0 Å². The standard InChI is InChI=1S/C17H33N/c1-5-16(13-7-8-13)18-15-11-9-14(10-12-15)17(3,4)6-2/h13-16,18H,5-12H2,1-4H3. The van der Waals surface area contributed by atoms with E-state index in [1.54, 1.807) is 0 Å². The van der Waals surface area contributed by atoms with E-state index in [0.717, 1.165) is 23.9 Å². The third kappa shape index (κ3) is 3.50. The lowest BCUT2D eigenvalue weighted by Crippen LogP contribution is -2.42. The Morgan fingerprint density at radius 3 is 2.06 bits per heavy atom. The molecule has 1 atom stereocenters. The average Bonchev–Trinajstić information content (AvgIpc) is 3.21. The summed E-state index contributed by atoms with van der Waals surface area (Å²) in [4.78, 5) is 0. The van der Waals surface area contributed by atoms with E-state index < -0.39 is 0 Å². The maximum absolute atomic E-state index is 3.96. The minimum atomic E-state index is 0.561. The van der Waals surface area contributed by atoms with E-state index in [9.17, 15) is 0 Å². The topological polar surface area (TPSA) is 12.0 Å². The number of hydrogen-bond acceptors (Lipinski definition) is 1. The van der Waals surface area contributed by atoms with Gasteiger partial charge in [0.15, 0.2) is 0 Å². The van der Waals surface area contributed by atoms with Crippen LogP contribution in [0.25, 0.3) is 0 Å². The van der Waals surface area contributed by atoms with E-state index in [1.165, 1.54) is 51.4 Å². The van der Waals surface area contributed by atoms with Gasteiger partial charge in [-0.05, 0) is 62.2 Å². The largest absolute Gasteiger partial charge is 0.311 e. The monoisotopic (exact) mass is 251 g/mol. The zero-order valence-corrected chi connectivity index (χ0v) is 13.0. The number of rotatable bonds is 6. The molecule has 1 heteroatoms. The molecule has 0 heterocycles. The van der Waals surface area contributed by atoms with Crippen molar-refractivity contribution >= 4 is 0 Å². The molecule has 0 saturated heterocycles. The SMILES string of the molecule is CCC(NC1CCC(C(C)(C)CC)CC1)C1CC1. The Hall–Kier alpha value is -0.0400. The average molecular weight is 251 g/mol. The van der Waals surface area contributed by atoms with E-state index in [0.29, 0.717) is 5.41 Å². The van der Waals surface area contributed by atoms with Crippen LogP contribution in [0.4, 0.5) is 0 Å². The van der Waals surface area contributed by atoms with E-state index in [1.807, 2.05) is 0 Å². The molecule has 2 saturated carbocycles. The van der Waals surface area contributed by atoms with Gasteiger partial charge >= 0.3 is 0 Å². The first-order chi connectivity index (χ1) is 8.56. The Kier molecular flexibility index (Phi) is 4.75. The number of hydrogen-bond donors (Lipinski definition) is 1. The molecule has 2 fully saturated rings. The van der Waals surface area contributed by atoms with Crippen molar-refractivity contribution in [2.24, 2.45) is 17.3 Å². The molecular formula is C17H33N. The second-order valence-electron chi connectivity index (χ2n) is 7.41. The van der Waals surface area contributed by atoms with Crippen molar-refractivity contribution in [2.45, 2.75) is 91.1 Å². The van der Waals surface area contributed by atoms with Crippen molar-refractivity contribution < 1.29 is 0 Å². The van der Waals surface area contributed by atoms with E-state index in [2.05, 4.69) is 33.0 Å². The summed E-state index contributed by atoms with van der Waals surface area (Å²) in [6, 6.07) is 1.64. The summed E-state index contributed by atoms with van der Waals surface area (Å²) in [5.74, 6) is 1.97. The van der Waals surface area contributed by atoms with Gasteiger partial charge in [0.05, 0.1) is 0 Å². The normalized spacial score (nSPS) is 31.3. The Labute approximate surface area is 114 Å². The molecule has 2 aliphatic rings. The first-order valence-corrected chi connectivity index (χ1v) is 8.32. The third-order valence-corrected chi connectivity index (χ3v) is 5.82. The summed E-state index contributed by atoms with van der Waals surface area (Å²) >= 11 is 0. The molecule has 18 heavy (non-hydrogen) atoms. The van der Waals surface area contributed by atoms with E-state index in [4.69, 9.17) is 0 Å². The zero-order valence-electron chi connectivity index (χ0n) is 13.0. The summed E-state index contributed by atoms with van der Waals surface area (Å²) < 4.78 is 0. The predicted molar refractivity (Wildman–Crippen MR) is 79.8 cm³/mol. The van der Waals surface area contributed by atoms with Gasteiger partial charge in [0.25, 0.3) is 0 Å². The summed E-state index contributed by atoms with van der Waals surface area (Å²) in [6.45, 7) is 9.63. The molecule has 1 nitrogen and oxygen atoms in total. The van der Waals surface area contributed by atoms with Crippen molar-refractivity contribution in [1.82, 2.24) is 5.32 Å². The molecule has 1 unspecified atom stereocenters. The Morgan fingerprint density at radius 1 is 1.00 bits per heavy atom. The molecule has 2 rings (SSSR count). The van der Waals surface area contributed by atoms with Gasteiger partial charge in [-0.1, -0.05) is 34.1 Å². The van der Waals surface area contributed by atoms with Crippen molar-refractivity contribution in [3.63, 3.8) is 0 Å². The van der Waals surface area contributed by atoms with Crippen LogP contribution in [0.3, 0.4) is 0 Å². The lowest BCUT2D eigenvalue weighted by molar-refractivity contribution is 0.132. The molecular weight excluding hydrogens is 218 g/mol. The smallest absolute Gasteiger partial charge is 0.00952 e. The molecule has 0 amide bonds. The highest BCUT2D eigenvalue weighted by atomic mass is 15.0. The third-order valence-electron chi connectivity index (χ3n) is 5.82. The Bertz CT molecular complexity index is 246. The summed E-state index contributed by atoms with van der Waals surface area (Å²) in [5, 5.41) is 3.96. The second-order valence-corrected chi connectivity index (χ2v) is 7.41.